The Hall–Kier alpha value is -3.22. The third kappa shape index (κ3) is 5.20. The van der Waals surface area contributed by atoms with Crippen LogP contribution < -0.4 is 15.5 Å². The molecular formula is C17H16FN3O3. The van der Waals surface area contributed by atoms with Crippen molar-refractivity contribution in [1.82, 2.24) is 5.43 Å². The smallest absolute Gasteiger partial charge is 0.329 e. The van der Waals surface area contributed by atoms with Crippen molar-refractivity contribution in [2.45, 2.75) is 6.92 Å². The van der Waals surface area contributed by atoms with Crippen molar-refractivity contribution >= 4 is 23.7 Å². The van der Waals surface area contributed by atoms with Crippen LogP contribution in [0.15, 0.2) is 53.6 Å². The lowest BCUT2D eigenvalue weighted by atomic mass is 10.2. The van der Waals surface area contributed by atoms with Crippen LogP contribution in [0, 0.1) is 5.82 Å². The second-order valence-corrected chi connectivity index (χ2v) is 4.67. The Labute approximate surface area is 138 Å². The maximum atomic E-state index is 13.0. The van der Waals surface area contributed by atoms with Gasteiger partial charge in [-0.25, -0.2) is 9.82 Å². The third-order valence-corrected chi connectivity index (χ3v) is 2.86. The third-order valence-electron chi connectivity index (χ3n) is 2.86. The molecule has 0 saturated heterocycles. The number of nitrogens with one attached hydrogen (secondary N) is 2. The SMILES string of the molecule is CCOc1ccc(/C=N/NC(=O)C(=O)Nc2cccc(F)c2)cc1. The van der Waals surface area contributed by atoms with E-state index in [1.807, 2.05) is 6.92 Å². The van der Waals surface area contributed by atoms with Crippen LogP contribution in [0.1, 0.15) is 12.5 Å². The number of halogens is 1. The molecule has 0 heterocycles. The van der Waals surface area contributed by atoms with E-state index >= 15 is 0 Å². The van der Waals surface area contributed by atoms with Crippen LogP contribution in [-0.2, 0) is 9.59 Å². The minimum atomic E-state index is -0.957. The van der Waals surface area contributed by atoms with Gasteiger partial charge in [-0.1, -0.05) is 6.07 Å². The largest absolute Gasteiger partial charge is 0.494 e. The molecule has 0 unspecified atom stereocenters. The lowest BCUT2D eigenvalue weighted by Crippen LogP contribution is -2.32. The van der Waals surface area contributed by atoms with Gasteiger partial charge in [0.25, 0.3) is 0 Å². The first kappa shape index (κ1) is 17.1. The number of nitrogens with zero attached hydrogens (tertiary/aromatic N) is 1. The van der Waals surface area contributed by atoms with Crippen LogP contribution in [0.2, 0.25) is 0 Å². The van der Waals surface area contributed by atoms with Crippen molar-refractivity contribution < 1.29 is 18.7 Å². The molecule has 2 rings (SSSR count). The first-order valence-electron chi connectivity index (χ1n) is 7.21. The van der Waals surface area contributed by atoms with Gasteiger partial charge in [0.2, 0.25) is 0 Å². The normalized spacial score (nSPS) is 10.4. The summed E-state index contributed by atoms with van der Waals surface area (Å²) >= 11 is 0. The zero-order chi connectivity index (χ0) is 17.4. The molecule has 0 spiro atoms. The fourth-order valence-electron chi connectivity index (χ4n) is 1.79. The zero-order valence-electron chi connectivity index (χ0n) is 13.0. The van der Waals surface area contributed by atoms with E-state index in [2.05, 4.69) is 15.8 Å². The molecule has 124 valence electrons. The molecule has 2 aromatic carbocycles. The molecule has 24 heavy (non-hydrogen) atoms. The first-order valence-corrected chi connectivity index (χ1v) is 7.21. The first-order chi connectivity index (χ1) is 11.6. The molecule has 0 aliphatic carbocycles. The Morgan fingerprint density at radius 3 is 2.58 bits per heavy atom. The Morgan fingerprint density at radius 2 is 1.92 bits per heavy atom. The number of carbonyl (C=O) groups excluding carboxylic acids is 2. The second kappa shape index (κ2) is 8.42. The standard InChI is InChI=1S/C17H16FN3O3/c1-2-24-15-8-6-12(7-9-15)11-19-21-17(23)16(22)20-14-5-3-4-13(18)10-14/h3-11H,2H2,1H3,(H,20,22)(H,21,23)/b19-11+. The van der Waals surface area contributed by atoms with Crippen LogP contribution in [0.4, 0.5) is 10.1 Å². The predicted octanol–water partition coefficient (Wildman–Crippen LogP) is 2.31. The molecule has 0 fully saturated rings. The van der Waals surface area contributed by atoms with Crippen LogP contribution >= 0.6 is 0 Å². The monoisotopic (exact) mass is 329 g/mol. The van der Waals surface area contributed by atoms with Gasteiger partial charge in [0.05, 0.1) is 12.8 Å². The summed E-state index contributed by atoms with van der Waals surface area (Å²) in [6.07, 6.45) is 1.39. The molecule has 0 aromatic heterocycles. The van der Waals surface area contributed by atoms with Crippen molar-refractivity contribution in [3.8, 4) is 5.75 Å². The maximum Gasteiger partial charge on any atom is 0.329 e. The molecule has 0 aliphatic heterocycles. The van der Waals surface area contributed by atoms with Gasteiger partial charge in [-0.15, -0.1) is 0 Å². The molecule has 2 aromatic rings. The van der Waals surface area contributed by atoms with Crippen LogP contribution in [0.25, 0.3) is 0 Å². The molecule has 0 saturated carbocycles. The number of amides is 2. The maximum absolute atomic E-state index is 13.0. The molecule has 2 N–H and O–H groups in total. The number of benzene rings is 2. The van der Waals surface area contributed by atoms with Gasteiger partial charge < -0.3 is 10.1 Å². The Morgan fingerprint density at radius 1 is 1.17 bits per heavy atom. The lowest BCUT2D eigenvalue weighted by molar-refractivity contribution is -0.136. The minimum Gasteiger partial charge on any atom is -0.494 e. The van der Waals surface area contributed by atoms with E-state index in [0.717, 1.165) is 17.4 Å². The summed E-state index contributed by atoms with van der Waals surface area (Å²) in [6.45, 7) is 2.46. The van der Waals surface area contributed by atoms with Gasteiger partial charge in [-0.3, -0.25) is 9.59 Å². The van der Waals surface area contributed by atoms with Crippen molar-refractivity contribution in [3.63, 3.8) is 0 Å². The molecular weight excluding hydrogens is 313 g/mol. The van der Waals surface area contributed by atoms with Gasteiger partial charge in [0.1, 0.15) is 11.6 Å². The van der Waals surface area contributed by atoms with Crippen molar-refractivity contribution in [2.24, 2.45) is 5.10 Å². The highest BCUT2D eigenvalue weighted by Crippen LogP contribution is 2.11. The van der Waals surface area contributed by atoms with E-state index in [1.54, 1.807) is 24.3 Å². The minimum absolute atomic E-state index is 0.186. The van der Waals surface area contributed by atoms with Gasteiger partial charge >= 0.3 is 11.8 Å². The number of rotatable bonds is 5. The van der Waals surface area contributed by atoms with Crippen LogP contribution in [0.5, 0.6) is 5.75 Å². The number of carbonyl (C=O) groups is 2. The van der Waals surface area contributed by atoms with Gasteiger partial charge in [-0.2, -0.15) is 5.10 Å². The predicted molar refractivity (Wildman–Crippen MR) is 88.4 cm³/mol. The highest BCUT2D eigenvalue weighted by atomic mass is 19.1. The van der Waals surface area contributed by atoms with Crippen molar-refractivity contribution in [2.75, 3.05) is 11.9 Å². The number of anilines is 1. The van der Waals surface area contributed by atoms with E-state index < -0.39 is 17.6 Å². The van der Waals surface area contributed by atoms with Crippen LogP contribution in [-0.4, -0.2) is 24.6 Å². The highest BCUT2D eigenvalue weighted by Gasteiger charge is 2.12. The average molecular weight is 329 g/mol. The summed E-state index contributed by atoms with van der Waals surface area (Å²) < 4.78 is 18.3. The summed E-state index contributed by atoms with van der Waals surface area (Å²) in [5, 5.41) is 5.97. The number of hydrogen-bond donors (Lipinski definition) is 2. The molecule has 0 atom stereocenters. The number of hydrazone groups is 1. The molecule has 0 bridgehead atoms. The Balaban J connectivity index is 1.86. The summed E-state index contributed by atoms with van der Waals surface area (Å²) in [5.74, 6) is -1.68. The van der Waals surface area contributed by atoms with Crippen molar-refractivity contribution in [3.05, 3.63) is 59.9 Å². The van der Waals surface area contributed by atoms with E-state index in [4.69, 9.17) is 4.74 Å². The van der Waals surface area contributed by atoms with Crippen LogP contribution in [0.3, 0.4) is 0 Å². The summed E-state index contributed by atoms with van der Waals surface area (Å²) in [7, 11) is 0. The van der Waals surface area contributed by atoms with Gasteiger partial charge in [0.15, 0.2) is 0 Å². The van der Waals surface area contributed by atoms with Gasteiger partial charge in [0, 0.05) is 5.69 Å². The van der Waals surface area contributed by atoms with Gasteiger partial charge in [-0.05, 0) is 55.0 Å². The number of hydrogen-bond acceptors (Lipinski definition) is 4. The summed E-state index contributed by atoms with van der Waals surface area (Å²) in [4.78, 5) is 23.3. The lowest BCUT2D eigenvalue weighted by Gasteiger charge is -2.04. The molecule has 6 nitrogen and oxygen atoms in total. The summed E-state index contributed by atoms with van der Waals surface area (Å²) in [6, 6.07) is 12.3. The average Bonchev–Trinajstić information content (AvgIpc) is 2.56. The number of ether oxygens (including phenoxy) is 1. The molecule has 2 amide bonds. The topological polar surface area (TPSA) is 79.8 Å². The fraction of sp³-hybridized carbons (Fsp3) is 0.118. The van der Waals surface area contributed by atoms with E-state index in [1.165, 1.54) is 24.4 Å². The van der Waals surface area contributed by atoms with Crippen molar-refractivity contribution in [1.29, 1.82) is 0 Å². The highest BCUT2D eigenvalue weighted by molar-refractivity contribution is 6.39. The Kier molecular flexibility index (Phi) is 6.01. The molecule has 7 heteroatoms. The van der Waals surface area contributed by atoms with E-state index in [-0.39, 0.29) is 5.69 Å². The molecule has 0 aliphatic rings. The molecule has 0 radical (unpaired) electrons. The fourth-order valence-corrected chi connectivity index (χ4v) is 1.79. The zero-order valence-corrected chi connectivity index (χ0v) is 13.0. The van der Waals surface area contributed by atoms with E-state index in [9.17, 15) is 14.0 Å². The second-order valence-electron chi connectivity index (χ2n) is 4.67. The Bertz CT molecular complexity index is 745. The quantitative estimate of drug-likeness (QED) is 0.502. The van der Waals surface area contributed by atoms with E-state index in [0.29, 0.717) is 6.61 Å². The summed E-state index contributed by atoms with van der Waals surface area (Å²) in [5.41, 5.74) is 3.01.